The van der Waals surface area contributed by atoms with Crippen molar-refractivity contribution in [1.82, 2.24) is 0 Å². The summed E-state index contributed by atoms with van der Waals surface area (Å²) in [5.41, 5.74) is 1.12. The van der Waals surface area contributed by atoms with Crippen LogP contribution < -0.4 is 0 Å². The van der Waals surface area contributed by atoms with E-state index in [0.29, 0.717) is 22.6 Å². The molecule has 2 radical (unpaired) electrons. The smallest absolute Gasteiger partial charge is 0.335 e. The first-order valence-corrected chi connectivity index (χ1v) is 14.6. The van der Waals surface area contributed by atoms with E-state index in [0.717, 1.165) is 12.8 Å². The number of carboxylic acid groups (broad SMARTS) is 2. The van der Waals surface area contributed by atoms with Crippen molar-refractivity contribution in [3.8, 4) is 0 Å². The zero-order valence-corrected chi connectivity index (χ0v) is 27.3. The third kappa shape index (κ3) is 20.7. The number of ketones is 1. The van der Waals surface area contributed by atoms with Crippen LogP contribution >= 0.6 is 11.6 Å². The first-order chi connectivity index (χ1) is 18.3. The normalized spacial score (nSPS) is 9.95. The van der Waals surface area contributed by atoms with Crippen LogP contribution in [0.2, 0.25) is 5.02 Å². The third-order valence-electron chi connectivity index (χ3n) is 6.49. The standard InChI is InChI=1S/C18H36O2.C14H9ClO3.2Ag/c1-2-3-4-5-6-7-8-9-10-11-12-13-14-15-16-17-18(19)20;15-12-7-5-10(6-8-12)13(16)9-1-3-11(4-2-9)14(17)18;;/h2-17H2,1H3,(H,19,20);1-8H,(H,17,18);;. The third-order valence-corrected chi connectivity index (χ3v) is 6.75. The molecule has 0 heterocycles. The molecule has 0 aliphatic carbocycles. The van der Waals surface area contributed by atoms with Gasteiger partial charge in [0, 0.05) is 67.3 Å². The summed E-state index contributed by atoms with van der Waals surface area (Å²) in [5, 5.41) is 17.8. The average Bonchev–Trinajstić information content (AvgIpc) is 2.91. The zero-order valence-electron chi connectivity index (χ0n) is 23.5. The van der Waals surface area contributed by atoms with Crippen LogP contribution in [0.1, 0.15) is 136 Å². The monoisotopic (exact) mass is 758 g/mol. The molecule has 0 fully saturated rings. The number of carboxylic acids is 2. The molecular formula is C32H45Ag2ClO5. The number of carbonyl (C=O) groups is 3. The van der Waals surface area contributed by atoms with Gasteiger partial charge in [0.15, 0.2) is 5.78 Å². The Morgan fingerprint density at radius 2 is 0.875 bits per heavy atom. The van der Waals surface area contributed by atoms with Gasteiger partial charge < -0.3 is 10.2 Å². The van der Waals surface area contributed by atoms with E-state index in [4.69, 9.17) is 21.8 Å². The van der Waals surface area contributed by atoms with Crippen molar-refractivity contribution < 1.29 is 69.4 Å². The van der Waals surface area contributed by atoms with Crippen LogP contribution in [-0.4, -0.2) is 27.9 Å². The fourth-order valence-corrected chi connectivity index (χ4v) is 4.31. The molecule has 232 valence electrons. The van der Waals surface area contributed by atoms with Crippen molar-refractivity contribution in [3.63, 3.8) is 0 Å². The Hall–Kier alpha value is -1.18. The molecular weight excluding hydrogens is 716 g/mol. The van der Waals surface area contributed by atoms with E-state index >= 15 is 0 Å². The number of aliphatic carboxylic acids is 1. The number of hydrogen-bond acceptors (Lipinski definition) is 3. The maximum absolute atomic E-state index is 12.0. The molecule has 0 saturated heterocycles. The molecule has 2 rings (SSSR count). The maximum atomic E-state index is 12.0. The topological polar surface area (TPSA) is 91.7 Å². The van der Waals surface area contributed by atoms with Crippen molar-refractivity contribution >= 4 is 29.3 Å². The van der Waals surface area contributed by atoms with E-state index in [-0.39, 0.29) is 56.1 Å². The Morgan fingerprint density at radius 1 is 0.550 bits per heavy atom. The molecule has 0 unspecified atom stereocenters. The molecule has 0 atom stereocenters. The number of benzene rings is 2. The number of carbonyl (C=O) groups excluding carboxylic acids is 1. The summed E-state index contributed by atoms with van der Waals surface area (Å²) >= 11 is 5.74. The van der Waals surface area contributed by atoms with Gasteiger partial charge in [-0.3, -0.25) is 9.59 Å². The number of hydrogen-bond donors (Lipinski definition) is 2. The summed E-state index contributed by atoms with van der Waals surface area (Å²) in [7, 11) is 0. The second kappa shape index (κ2) is 26.7. The van der Waals surface area contributed by atoms with E-state index in [1.807, 2.05) is 0 Å². The summed E-state index contributed by atoms with van der Waals surface area (Å²) in [5.74, 6) is -1.83. The summed E-state index contributed by atoms with van der Waals surface area (Å²) in [6, 6.07) is 12.4. The van der Waals surface area contributed by atoms with Crippen molar-refractivity contribution in [1.29, 1.82) is 0 Å². The second-order valence-electron chi connectivity index (χ2n) is 9.81. The van der Waals surface area contributed by atoms with Crippen LogP contribution in [0, 0.1) is 0 Å². The Morgan fingerprint density at radius 3 is 1.23 bits per heavy atom. The quantitative estimate of drug-likeness (QED) is 0.0846. The Kier molecular flexibility index (Phi) is 27.3. The van der Waals surface area contributed by atoms with Crippen molar-refractivity contribution in [3.05, 3.63) is 70.2 Å². The Labute approximate surface area is 276 Å². The molecule has 0 aromatic heterocycles. The van der Waals surface area contributed by atoms with Gasteiger partial charge in [0.1, 0.15) is 0 Å². The molecule has 0 bridgehead atoms. The summed E-state index contributed by atoms with van der Waals surface area (Å²) in [4.78, 5) is 33.1. The first kappa shape index (κ1) is 41.0. The van der Waals surface area contributed by atoms with Crippen molar-refractivity contribution in [2.75, 3.05) is 0 Å². The number of unbranched alkanes of at least 4 members (excludes halogenated alkanes) is 14. The molecule has 0 aliphatic rings. The molecule has 8 heteroatoms. The van der Waals surface area contributed by atoms with Crippen LogP contribution in [0.5, 0.6) is 0 Å². The first-order valence-electron chi connectivity index (χ1n) is 14.2. The molecule has 2 N–H and O–H groups in total. The fourth-order valence-electron chi connectivity index (χ4n) is 4.18. The molecule has 5 nitrogen and oxygen atoms in total. The number of rotatable bonds is 19. The Bertz CT molecular complexity index is 933. The number of aromatic carboxylic acids is 1. The average molecular weight is 761 g/mol. The minimum atomic E-state index is -1.01. The summed E-state index contributed by atoms with van der Waals surface area (Å²) < 4.78 is 0. The molecule has 0 amide bonds. The molecule has 0 saturated carbocycles. The van der Waals surface area contributed by atoms with Gasteiger partial charge in [-0.15, -0.1) is 0 Å². The molecule has 0 aliphatic heterocycles. The SMILES string of the molecule is CCCCCCCCCCCCCCCCCC(=O)O.O=C(O)c1ccc(C(=O)c2ccc(Cl)cc2)cc1.[Ag].[Ag]. The molecule has 2 aromatic carbocycles. The van der Waals surface area contributed by atoms with Gasteiger partial charge in [-0.2, -0.15) is 0 Å². The van der Waals surface area contributed by atoms with E-state index in [1.54, 1.807) is 24.3 Å². The van der Waals surface area contributed by atoms with Gasteiger partial charge in [-0.05, 0) is 42.8 Å². The predicted molar refractivity (Wildman–Crippen MR) is 155 cm³/mol. The van der Waals surface area contributed by atoms with Crippen LogP contribution in [-0.2, 0) is 49.6 Å². The largest absolute Gasteiger partial charge is 0.481 e. The molecule has 2 aromatic rings. The summed E-state index contributed by atoms with van der Waals surface area (Å²) in [6.45, 7) is 2.27. The fraction of sp³-hybridized carbons (Fsp3) is 0.531. The van der Waals surface area contributed by atoms with Gasteiger partial charge in [-0.1, -0.05) is 121 Å². The van der Waals surface area contributed by atoms with Gasteiger partial charge in [0.2, 0.25) is 0 Å². The molecule has 0 spiro atoms. The minimum absolute atomic E-state index is 0. The number of halogens is 1. The van der Waals surface area contributed by atoms with Gasteiger partial charge in [0.05, 0.1) is 5.56 Å². The zero-order chi connectivity index (χ0) is 28.0. The van der Waals surface area contributed by atoms with Crippen molar-refractivity contribution in [2.24, 2.45) is 0 Å². The van der Waals surface area contributed by atoms with Gasteiger partial charge in [0.25, 0.3) is 0 Å². The van der Waals surface area contributed by atoms with Crippen molar-refractivity contribution in [2.45, 2.75) is 110 Å². The minimum Gasteiger partial charge on any atom is -0.481 e. The van der Waals surface area contributed by atoms with Gasteiger partial charge in [-0.25, -0.2) is 4.79 Å². The van der Waals surface area contributed by atoms with Crippen LogP contribution in [0.3, 0.4) is 0 Å². The predicted octanol–water partition coefficient (Wildman–Crippen LogP) is 9.60. The van der Waals surface area contributed by atoms with E-state index in [2.05, 4.69) is 6.92 Å². The van der Waals surface area contributed by atoms with Crippen LogP contribution in [0.15, 0.2) is 48.5 Å². The van der Waals surface area contributed by atoms with Gasteiger partial charge >= 0.3 is 11.9 Å². The van der Waals surface area contributed by atoms with Crippen LogP contribution in [0.4, 0.5) is 0 Å². The van der Waals surface area contributed by atoms with E-state index < -0.39 is 11.9 Å². The van der Waals surface area contributed by atoms with E-state index in [1.165, 1.54) is 108 Å². The molecule has 40 heavy (non-hydrogen) atoms. The Balaban J connectivity index is 0. The van der Waals surface area contributed by atoms with E-state index in [9.17, 15) is 14.4 Å². The summed E-state index contributed by atoms with van der Waals surface area (Å²) in [6.07, 6.45) is 20.2. The maximum Gasteiger partial charge on any atom is 0.335 e. The van der Waals surface area contributed by atoms with Crippen LogP contribution in [0.25, 0.3) is 0 Å². The second-order valence-corrected chi connectivity index (χ2v) is 10.2.